The Morgan fingerprint density at radius 2 is 1.63 bits per heavy atom. The number of aliphatic hydroxyl groups is 4. The lowest BCUT2D eigenvalue weighted by atomic mass is 9.75. The molecule has 4 aliphatic rings. The summed E-state index contributed by atoms with van der Waals surface area (Å²) in [5, 5.41) is 54.9. The highest BCUT2D eigenvalue weighted by atomic mass is 19.4. The molecule has 4 saturated heterocycles. The van der Waals surface area contributed by atoms with Crippen LogP contribution in [0.5, 0.6) is 0 Å². The van der Waals surface area contributed by atoms with Crippen LogP contribution in [0.15, 0.2) is 30.5 Å². The number of methoxy groups -OCH3 is 1. The molecule has 0 radical (unpaired) electrons. The number of ketones is 1. The standard InChI is InChI=1S/C48H73F3N4O13/c1-12-35-47(9,61)40(58)26(3)37(56)31-20-46(8,63-24-31)42(27(4)39(28(5)43(60)66-35)67-36-21-45(7,62-11)41(59)29(6)65-36)68-44-38(57)34(19-25(2)64-44)54(10)18-17-33-23-55(53-52-33)22-30-13-15-32(16-14-30)48(49,50)51/h13-16,23,25-29,31,34-36,38-42,44,57-59,61H,12,17-22,24H2,1-11H3/t25-,26+,27+,28-,29+,31+,34+,35-,36+,38-,39+,40-,41+,42-,44+,45-,46-,47-/m1/s1. The largest absolute Gasteiger partial charge is 0.459 e. The van der Waals surface area contributed by atoms with Crippen molar-refractivity contribution in [1.82, 2.24) is 19.9 Å². The number of fused-ring (bicyclic) bond motifs is 2. The van der Waals surface area contributed by atoms with Crippen molar-refractivity contribution in [2.75, 3.05) is 27.3 Å². The van der Waals surface area contributed by atoms with E-state index in [-0.39, 0.29) is 38.2 Å². The zero-order valence-electron chi connectivity index (χ0n) is 41.1. The quantitative estimate of drug-likeness (QED) is 0.221. The van der Waals surface area contributed by atoms with E-state index in [1.54, 1.807) is 45.5 Å². The highest BCUT2D eigenvalue weighted by Gasteiger charge is 2.56. The van der Waals surface area contributed by atoms with Crippen molar-refractivity contribution >= 4 is 11.8 Å². The molecule has 0 saturated carbocycles. The fourth-order valence-corrected chi connectivity index (χ4v) is 10.7. The number of rotatable bonds is 12. The number of halogens is 3. The summed E-state index contributed by atoms with van der Waals surface area (Å²) in [4.78, 5) is 30.5. The number of hydrogen-bond donors (Lipinski definition) is 4. The van der Waals surface area contributed by atoms with Gasteiger partial charge < -0.3 is 58.5 Å². The maximum absolute atomic E-state index is 14.4. The topological polar surface area (TPSA) is 214 Å². The van der Waals surface area contributed by atoms with E-state index in [4.69, 9.17) is 33.2 Å². The molecule has 0 unspecified atom stereocenters. The number of carbonyl (C=O) groups excluding carboxylic acids is 2. The lowest BCUT2D eigenvalue weighted by Crippen LogP contribution is -2.61. The molecule has 1 aromatic carbocycles. The van der Waals surface area contributed by atoms with Gasteiger partial charge in [-0.15, -0.1) is 5.10 Å². The minimum Gasteiger partial charge on any atom is -0.459 e. The van der Waals surface area contributed by atoms with Gasteiger partial charge in [-0.2, -0.15) is 13.2 Å². The first-order valence-corrected chi connectivity index (χ1v) is 23.8. The molecule has 68 heavy (non-hydrogen) atoms. The van der Waals surface area contributed by atoms with Gasteiger partial charge in [0.25, 0.3) is 0 Å². The molecule has 0 spiro atoms. The molecular weight excluding hydrogens is 898 g/mol. The Balaban J connectivity index is 1.27. The Morgan fingerprint density at radius 1 is 0.956 bits per heavy atom. The molecule has 6 rings (SSSR count). The molecule has 20 heteroatoms. The van der Waals surface area contributed by atoms with E-state index in [9.17, 15) is 43.2 Å². The monoisotopic (exact) mass is 971 g/mol. The Morgan fingerprint density at radius 3 is 2.26 bits per heavy atom. The summed E-state index contributed by atoms with van der Waals surface area (Å²) in [6.45, 7) is 15.8. The predicted octanol–water partition coefficient (Wildman–Crippen LogP) is 4.08. The van der Waals surface area contributed by atoms with Crippen molar-refractivity contribution in [2.24, 2.45) is 23.7 Å². The van der Waals surface area contributed by atoms with Gasteiger partial charge >= 0.3 is 12.1 Å². The van der Waals surface area contributed by atoms with Crippen LogP contribution in [0.2, 0.25) is 0 Å². The maximum atomic E-state index is 14.4. The molecule has 4 aliphatic heterocycles. The molecule has 18 atom stereocenters. The lowest BCUT2D eigenvalue weighted by Gasteiger charge is -2.49. The van der Waals surface area contributed by atoms with Gasteiger partial charge in [0.05, 0.1) is 72.0 Å². The molecule has 5 heterocycles. The van der Waals surface area contributed by atoms with Crippen LogP contribution in [-0.2, 0) is 61.9 Å². The van der Waals surface area contributed by atoms with Gasteiger partial charge in [0, 0.05) is 56.5 Å². The van der Waals surface area contributed by atoms with Crippen molar-refractivity contribution in [3.05, 3.63) is 47.3 Å². The second-order valence-electron chi connectivity index (χ2n) is 20.4. The van der Waals surface area contributed by atoms with Gasteiger partial charge in [-0.05, 0) is 85.5 Å². The van der Waals surface area contributed by atoms with Crippen LogP contribution in [0, 0.1) is 23.7 Å². The minimum absolute atomic E-state index is 0.0348. The number of cyclic esters (lactones) is 1. The van der Waals surface area contributed by atoms with Crippen LogP contribution < -0.4 is 0 Å². The summed E-state index contributed by atoms with van der Waals surface area (Å²) in [5.41, 5.74) is -3.82. The summed E-state index contributed by atoms with van der Waals surface area (Å²) in [5.74, 6) is -4.75. The average Bonchev–Trinajstić information content (AvgIpc) is 3.92. The number of ether oxygens (including phenoxy) is 7. The third-order valence-electron chi connectivity index (χ3n) is 15.1. The summed E-state index contributed by atoms with van der Waals surface area (Å²) >= 11 is 0. The molecule has 17 nitrogen and oxygen atoms in total. The Bertz CT molecular complexity index is 2010. The number of Topliss-reactive ketones (excluding diaryl/α,β-unsaturated/α-hetero) is 1. The van der Waals surface area contributed by atoms with Gasteiger partial charge in [0.15, 0.2) is 12.6 Å². The van der Waals surface area contributed by atoms with Gasteiger partial charge in [-0.3, -0.25) is 9.59 Å². The molecule has 4 N–H and O–H groups in total. The smallest absolute Gasteiger partial charge is 0.416 e. The number of aromatic nitrogens is 3. The summed E-state index contributed by atoms with van der Waals surface area (Å²) < 4.78 is 85.4. The van der Waals surface area contributed by atoms with E-state index >= 15 is 0 Å². The first-order valence-electron chi connectivity index (χ1n) is 23.8. The zero-order valence-corrected chi connectivity index (χ0v) is 41.1. The number of hydrogen-bond acceptors (Lipinski definition) is 16. The van der Waals surface area contributed by atoms with Crippen molar-refractivity contribution in [3.63, 3.8) is 0 Å². The van der Waals surface area contributed by atoms with Crippen LogP contribution in [-0.4, -0.2) is 164 Å². The third kappa shape index (κ3) is 11.6. The number of nitrogens with zero attached hydrogens (tertiary/aromatic N) is 4. The highest BCUT2D eigenvalue weighted by Crippen LogP contribution is 2.45. The lowest BCUT2D eigenvalue weighted by molar-refractivity contribution is -0.317. The number of aliphatic hydroxyl groups excluding tert-OH is 3. The van der Waals surface area contributed by atoms with Crippen LogP contribution in [0.25, 0.3) is 0 Å². The Hall–Kier alpha value is -3.15. The summed E-state index contributed by atoms with van der Waals surface area (Å²) in [6, 6.07) is 4.39. The molecule has 384 valence electrons. The molecular formula is C48H73F3N4O13. The highest BCUT2D eigenvalue weighted by molar-refractivity contribution is 5.84. The number of carbonyl (C=O) groups is 2. The van der Waals surface area contributed by atoms with E-state index in [1.807, 2.05) is 25.8 Å². The average molecular weight is 971 g/mol. The van der Waals surface area contributed by atoms with Crippen molar-refractivity contribution in [2.45, 2.75) is 191 Å². The van der Waals surface area contributed by atoms with Gasteiger partial charge in [-0.25, -0.2) is 4.68 Å². The Labute approximate surface area is 396 Å². The number of alkyl halides is 3. The van der Waals surface area contributed by atoms with Crippen LogP contribution in [0.1, 0.15) is 105 Å². The van der Waals surface area contributed by atoms with Crippen LogP contribution >= 0.6 is 0 Å². The Kier molecular flexibility index (Phi) is 17.0. The first kappa shape index (κ1) is 54.2. The summed E-state index contributed by atoms with van der Waals surface area (Å²) in [6.07, 6.45) is -12.0. The van der Waals surface area contributed by atoms with Crippen molar-refractivity contribution in [1.29, 1.82) is 0 Å². The predicted molar refractivity (Wildman–Crippen MR) is 238 cm³/mol. The van der Waals surface area contributed by atoms with Gasteiger partial charge in [0.2, 0.25) is 0 Å². The molecule has 2 aromatic rings. The van der Waals surface area contributed by atoms with Gasteiger partial charge in [-0.1, -0.05) is 38.1 Å². The minimum atomic E-state index is -4.43. The SMILES string of the molecule is CC[C@H]1OC(=O)[C@H](C)[C@@H](O[C@H]2C[C@@](C)(OC)[C@@H](O)[C@H](C)O2)[C@H](C)[C@@H](O[C@@H]2O[C@H](C)C[C@H](N(C)CCc3cn(Cc4ccc(C(F)(F)F)cc4)nn3)[C@H]2O)[C@@]2(C)C[C@@H](CO2)C(=O)[C@H](C)[C@@H](O)[C@]1(C)O. The van der Waals surface area contributed by atoms with Crippen molar-refractivity contribution < 1.29 is 76.3 Å². The molecule has 0 aliphatic carbocycles. The second kappa shape index (κ2) is 21.3. The van der Waals surface area contributed by atoms with E-state index in [0.29, 0.717) is 30.6 Å². The maximum Gasteiger partial charge on any atom is 0.416 e. The van der Waals surface area contributed by atoms with E-state index in [2.05, 4.69) is 10.3 Å². The fraction of sp³-hybridized carbons (Fsp3) is 0.792. The third-order valence-corrected chi connectivity index (χ3v) is 15.1. The van der Waals surface area contributed by atoms with E-state index in [0.717, 1.165) is 12.1 Å². The number of benzene rings is 1. The zero-order chi connectivity index (χ0) is 50.3. The van der Waals surface area contributed by atoms with Gasteiger partial charge in [0.1, 0.15) is 29.7 Å². The fourth-order valence-electron chi connectivity index (χ4n) is 10.7. The van der Waals surface area contributed by atoms with Crippen LogP contribution in [0.3, 0.4) is 0 Å². The number of likely N-dealkylation sites (N-methyl/N-ethyl adjacent to an activating group) is 1. The van der Waals surface area contributed by atoms with Crippen LogP contribution in [0.4, 0.5) is 13.2 Å². The molecule has 4 fully saturated rings. The molecule has 1 aromatic heterocycles. The molecule has 0 amide bonds. The second-order valence-corrected chi connectivity index (χ2v) is 20.4. The van der Waals surface area contributed by atoms with E-state index in [1.165, 1.54) is 33.1 Å². The van der Waals surface area contributed by atoms with Crippen molar-refractivity contribution in [3.8, 4) is 0 Å². The summed E-state index contributed by atoms with van der Waals surface area (Å²) in [7, 11) is 3.34. The van der Waals surface area contributed by atoms with E-state index < -0.39 is 126 Å². The first-order chi connectivity index (χ1) is 31.7. The number of esters is 1. The molecule has 2 bridgehead atoms. The normalized spacial score (nSPS) is 41.1.